The Labute approximate surface area is 108 Å². The van der Waals surface area contributed by atoms with Crippen LogP contribution in [0, 0.1) is 0 Å². The van der Waals surface area contributed by atoms with Gasteiger partial charge in [0.2, 0.25) is 0 Å². The largest absolute Gasteiger partial charge is 0.355 e. The number of rotatable bonds is 1. The molecule has 0 N–H and O–H groups in total. The predicted octanol–water partition coefficient (Wildman–Crippen LogP) is 2.39. The molecule has 4 nitrogen and oxygen atoms in total. The molecule has 1 atom stereocenters. The molecule has 3 heterocycles. The summed E-state index contributed by atoms with van der Waals surface area (Å²) in [5.41, 5.74) is 1.57. The summed E-state index contributed by atoms with van der Waals surface area (Å²) in [4.78, 5) is 15.9. The lowest BCUT2D eigenvalue weighted by atomic mass is 10.1. The van der Waals surface area contributed by atoms with Gasteiger partial charge in [0.25, 0.3) is 0 Å². The third-order valence-corrected chi connectivity index (χ3v) is 3.75. The normalized spacial score (nSPS) is 20.8. The van der Waals surface area contributed by atoms with Crippen molar-refractivity contribution in [1.29, 1.82) is 0 Å². The summed E-state index contributed by atoms with van der Waals surface area (Å²) < 4.78 is 0. The standard InChI is InChI=1S/C12H13BrN4/c13-9-2-1-7-17(8-9)11-4-3-10-12(16-11)15-6-5-14-10/h3-6,9H,1-2,7-8H2. The fourth-order valence-corrected chi connectivity index (χ4v) is 2.83. The molecule has 0 bridgehead atoms. The monoisotopic (exact) mass is 292 g/mol. The van der Waals surface area contributed by atoms with Crippen LogP contribution in [0.25, 0.3) is 11.2 Å². The predicted molar refractivity (Wildman–Crippen MR) is 71.5 cm³/mol. The first kappa shape index (κ1) is 10.9. The Balaban J connectivity index is 1.94. The van der Waals surface area contributed by atoms with Gasteiger partial charge in [-0.1, -0.05) is 15.9 Å². The van der Waals surface area contributed by atoms with Crippen molar-refractivity contribution in [2.24, 2.45) is 0 Å². The van der Waals surface area contributed by atoms with E-state index >= 15 is 0 Å². The average Bonchev–Trinajstić information content (AvgIpc) is 2.38. The van der Waals surface area contributed by atoms with Crippen LogP contribution in [0.15, 0.2) is 24.5 Å². The van der Waals surface area contributed by atoms with Gasteiger partial charge in [-0.25, -0.2) is 9.97 Å². The molecule has 0 spiro atoms. The van der Waals surface area contributed by atoms with Gasteiger partial charge in [0.1, 0.15) is 11.3 Å². The summed E-state index contributed by atoms with van der Waals surface area (Å²) in [6.45, 7) is 2.08. The van der Waals surface area contributed by atoms with Gasteiger partial charge in [0, 0.05) is 30.3 Å². The van der Waals surface area contributed by atoms with Gasteiger partial charge in [-0.05, 0) is 25.0 Å². The van der Waals surface area contributed by atoms with Crippen molar-refractivity contribution >= 4 is 32.9 Å². The molecule has 2 aromatic heterocycles. The molecule has 1 unspecified atom stereocenters. The van der Waals surface area contributed by atoms with E-state index in [1.807, 2.05) is 12.1 Å². The Morgan fingerprint density at radius 1 is 1.24 bits per heavy atom. The molecule has 0 amide bonds. The van der Waals surface area contributed by atoms with Crippen LogP contribution in [0.3, 0.4) is 0 Å². The molecule has 88 valence electrons. The van der Waals surface area contributed by atoms with Crippen molar-refractivity contribution in [2.45, 2.75) is 17.7 Å². The smallest absolute Gasteiger partial charge is 0.180 e. The third kappa shape index (κ3) is 2.24. The third-order valence-electron chi connectivity index (χ3n) is 3.00. The molecular weight excluding hydrogens is 280 g/mol. The van der Waals surface area contributed by atoms with Gasteiger partial charge in [-0.3, -0.25) is 4.98 Å². The molecule has 0 saturated carbocycles. The second-order valence-electron chi connectivity index (χ2n) is 4.25. The van der Waals surface area contributed by atoms with E-state index in [4.69, 9.17) is 0 Å². The maximum absolute atomic E-state index is 4.56. The van der Waals surface area contributed by atoms with Crippen molar-refractivity contribution in [3.8, 4) is 0 Å². The van der Waals surface area contributed by atoms with Gasteiger partial charge in [-0.15, -0.1) is 0 Å². The van der Waals surface area contributed by atoms with E-state index in [1.54, 1.807) is 12.4 Å². The summed E-state index contributed by atoms with van der Waals surface area (Å²) in [7, 11) is 0. The highest BCUT2D eigenvalue weighted by Crippen LogP contribution is 2.22. The number of nitrogens with zero attached hydrogens (tertiary/aromatic N) is 4. The number of anilines is 1. The van der Waals surface area contributed by atoms with Crippen LogP contribution in [0.2, 0.25) is 0 Å². The molecule has 0 aromatic carbocycles. The maximum Gasteiger partial charge on any atom is 0.180 e. The van der Waals surface area contributed by atoms with Crippen molar-refractivity contribution in [3.05, 3.63) is 24.5 Å². The van der Waals surface area contributed by atoms with Crippen LogP contribution in [-0.2, 0) is 0 Å². The Bertz CT molecular complexity index is 531. The molecule has 0 radical (unpaired) electrons. The molecule has 2 aromatic rings. The molecule has 17 heavy (non-hydrogen) atoms. The van der Waals surface area contributed by atoms with Crippen molar-refractivity contribution < 1.29 is 0 Å². The minimum Gasteiger partial charge on any atom is -0.355 e. The van der Waals surface area contributed by atoms with E-state index in [1.165, 1.54) is 12.8 Å². The molecule has 0 aliphatic carbocycles. The first-order valence-corrected chi connectivity index (χ1v) is 6.71. The molecule has 1 saturated heterocycles. The number of piperidine rings is 1. The zero-order valence-corrected chi connectivity index (χ0v) is 11.0. The minimum atomic E-state index is 0.565. The van der Waals surface area contributed by atoms with Crippen LogP contribution in [-0.4, -0.2) is 32.9 Å². The quantitative estimate of drug-likeness (QED) is 0.757. The van der Waals surface area contributed by atoms with Crippen LogP contribution < -0.4 is 4.90 Å². The minimum absolute atomic E-state index is 0.565. The van der Waals surface area contributed by atoms with Crippen LogP contribution in [0.4, 0.5) is 5.82 Å². The highest BCUT2D eigenvalue weighted by Gasteiger charge is 2.18. The molecule has 3 rings (SSSR count). The van der Waals surface area contributed by atoms with E-state index < -0.39 is 0 Å². The van der Waals surface area contributed by atoms with Crippen LogP contribution >= 0.6 is 15.9 Å². The fourth-order valence-electron chi connectivity index (χ4n) is 2.15. The van der Waals surface area contributed by atoms with Gasteiger partial charge in [-0.2, -0.15) is 0 Å². The van der Waals surface area contributed by atoms with Gasteiger partial charge >= 0.3 is 0 Å². The van der Waals surface area contributed by atoms with Gasteiger partial charge < -0.3 is 4.90 Å². The Kier molecular flexibility index (Phi) is 2.93. The Hall–Kier alpha value is -1.23. The summed E-state index contributed by atoms with van der Waals surface area (Å²) in [5, 5.41) is 0. The van der Waals surface area contributed by atoms with Gasteiger partial charge in [0.05, 0.1) is 0 Å². The Morgan fingerprint density at radius 2 is 2.12 bits per heavy atom. The zero-order valence-electron chi connectivity index (χ0n) is 9.38. The number of fused-ring (bicyclic) bond motifs is 1. The number of alkyl halides is 1. The molecule has 1 fully saturated rings. The van der Waals surface area contributed by atoms with Crippen molar-refractivity contribution in [1.82, 2.24) is 15.0 Å². The van der Waals surface area contributed by atoms with Gasteiger partial charge in [0.15, 0.2) is 5.65 Å². The number of pyridine rings is 1. The second-order valence-corrected chi connectivity index (χ2v) is 5.55. The number of aromatic nitrogens is 3. The van der Waals surface area contributed by atoms with E-state index in [0.29, 0.717) is 4.83 Å². The number of hydrogen-bond acceptors (Lipinski definition) is 4. The average molecular weight is 293 g/mol. The van der Waals surface area contributed by atoms with E-state index in [9.17, 15) is 0 Å². The van der Waals surface area contributed by atoms with E-state index in [2.05, 4.69) is 35.8 Å². The van der Waals surface area contributed by atoms with Crippen LogP contribution in [0.1, 0.15) is 12.8 Å². The van der Waals surface area contributed by atoms with E-state index in [0.717, 1.165) is 30.1 Å². The van der Waals surface area contributed by atoms with Crippen molar-refractivity contribution in [2.75, 3.05) is 18.0 Å². The number of halogens is 1. The topological polar surface area (TPSA) is 41.9 Å². The highest BCUT2D eigenvalue weighted by atomic mass is 79.9. The zero-order chi connectivity index (χ0) is 11.7. The Morgan fingerprint density at radius 3 is 3.00 bits per heavy atom. The fraction of sp³-hybridized carbons (Fsp3) is 0.417. The lowest BCUT2D eigenvalue weighted by molar-refractivity contribution is 0.592. The summed E-state index contributed by atoms with van der Waals surface area (Å²) in [6.07, 6.45) is 5.82. The SMILES string of the molecule is BrC1CCCN(c2ccc3nccnc3n2)C1. The molecule has 1 aliphatic rings. The summed E-state index contributed by atoms with van der Waals surface area (Å²) in [6, 6.07) is 4.02. The first-order valence-electron chi connectivity index (χ1n) is 5.80. The highest BCUT2D eigenvalue weighted by molar-refractivity contribution is 9.09. The lowest BCUT2D eigenvalue weighted by Gasteiger charge is -2.30. The van der Waals surface area contributed by atoms with E-state index in [-0.39, 0.29) is 0 Å². The molecule has 1 aliphatic heterocycles. The lowest BCUT2D eigenvalue weighted by Crippen LogP contribution is -2.36. The number of hydrogen-bond donors (Lipinski definition) is 0. The van der Waals surface area contributed by atoms with Crippen molar-refractivity contribution in [3.63, 3.8) is 0 Å². The molecule has 5 heteroatoms. The van der Waals surface area contributed by atoms with Crippen LogP contribution in [0.5, 0.6) is 0 Å². The summed E-state index contributed by atoms with van der Waals surface area (Å²) in [5.74, 6) is 1.00. The summed E-state index contributed by atoms with van der Waals surface area (Å²) >= 11 is 3.68. The second kappa shape index (κ2) is 4.56. The first-order chi connectivity index (χ1) is 8.33. The maximum atomic E-state index is 4.56. The molecular formula is C12H13BrN4.